The van der Waals surface area contributed by atoms with Crippen molar-refractivity contribution >= 4 is 17.3 Å². The van der Waals surface area contributed by atoms with Gasteiger partial charge in [-0.15, -0.1) is 11.6 Å². The van der Waals surface area contributed by atoms with Crippen molar-refractivity contribution < 1.29 is 5.21 Å². The first-order chi connectivity index (χ1) is 10.2. The second-order valence-corrected chi connectivity index (χ2v) is 5.12. The van der Waals surface area contributed by atoms with Crippen LogP contribution in [-0.4, -0.2) is 29.0 Å². The number of benzene rings is 2. The van der Waals surface area contributed by atoms with Crippen LogP contribution < -0.4 is 15.9 Å². The maximum atomic E-state index is 10.7. The Hall–Kier alpha value is -1.88. The van der Waals surface area contributed by atoms with E-state index in [1.807, 2.05) is 54.6 Å². The number of nitrogens with one attached hydrogen (secondary N) is 1. The van der Waals surface area contributed by atoms with Crippen molar-refractivity contribution in [2.75, 3.05) is 12.9 Å². The Balaban J connectivity index is 2.37. The SMILES string of the molecule is CNC1(CCl)N=c2ccccc2=C(c2ccccc2)N1O. The lowest BCUT2D eigenvalue weighted by Gasteiger charge is -2.39. The zero-order chi connectivity index (χ0) is 14.9. The van der Waals surface area contributed by atoms with Gasteiger partial charge in [0, 0.05) is 10.8 Å². The highest BCUT2D eigenvalue weighted by Crippen LogP contribution is 2.25. The van der Waals surface area contributed by atoms with Crippen LogP contribution in [0.25, 0.3) is 5.70 Å². The van der Waals surface area contributed by atoms with Crippen molar-refractivity contribution in [3.05, 3.63) is 70.7 Å². The summed E-state index contributed by atoms with van der Waals surface area (Å²) in [4.78, 5) is 4.58. The molecule has 2 aromatic rings. The van der Waals surface area contributed by atoms with E-state index >= 15 is 0 Å². The Bertz CT molecular complexity index is 757. The fourth-order valence-corrected chi connectivity index (χ4v) is 2.81. The number of nitrogens with zero attached hydrogens (tertiary/aromatic N) is 2. The molecule has 0 bridgehead atoms. The van der Waals surface area contributed by atoms with E-state index in [2.05, 4.69) is 10.3 Å². The molecule has 0 amide bonds. The summed E-state index contributed by atoms with van der Waals surface area (Å²) in [6, 6.07) is 17.4. The van der Waals surface area contributed by atoms with Gasteiger partial charge in [-0.1, -0.05) is 48.5 Å². The van der Waals surface area contributed by atoms with E-state index in [-0.39, 0.29) is 5.88 Å². The number of halogens is 1. The van der Waals surface area contributed by atoms with Gasteiger partial charge in [-0.05, 0) is 13.1 Å². The zero-order valence-corrected chi connectivity index (χ0v) is 12.4. The zero-order valence-electron chi connectivity index (χ0n) is 11.6. The molecule has 1 unspecified atom stereocenters. The highest BCUT2D eigenvalue weighted by molar-refractivity contribution is 6.18. The van der Waals surface area contributed by atoms with Gasteiger partial charge in [0.2, 0.25) is 5.79 Å². The first-order valence-corrected chi connectivity index (χ1v) is 7.24. The second kappa shape index (κ2) is 5.48. The van der Waals surface area contributed by atoms with Crippen LogP contribution in [0, 0.1) is 0 Å². The Morgan fingerprint density at radius 2 is 1.81 bits per heavy atom. The molecule has 3 rings (SSSR count). The predicted molar refractivity (Wildman–Crippen MR) is 82.3 cm³/mol. The third kappa shape index (κ3) is 2.21. The highest BCUT2D eigenvalue weighted by atomic mass is 35.5. The van der Waals surface area contributed by atoms with Gasteiger partial charge in [-0.2, -0.15) is 0 Å². The summed E-state index contributed by atoms with van der Waals surface area (Å²) in [6.45, 7) is 0. The van der Waals surface area contributed by atoms with Crippen molar-refractivity contribution in [1.29, 1.82) is 0 Å². The molecule has 0 spiro atoms. The number of hydroxylamine groups is 2. The van der Waals surface area contributed by atoms with E-state index in [0.29, 0.717) is 5.70 Å². The first-order valence-electron chi connectivity index (χ1n) is 6.70. The molecule has 108 valence electrons. The van der Waals surface area contributed by atoms with E-state index < -0.39 is 5.79 Å². The lowest BCUT2D eigenvalue weighted by Crippen LogP contribution is -2.61. The highest BCUT2D eigenvalue weighted by Gasteiger charge is 2.38. The van der Waals surface area contributed by atoms with Gasteiger partial charge in [0.15, 0.2) is 0 Å². The second-order valence-electron chi connectivity index (χ2n) is 4.86. The van der Waals surface area contributed by atoms with Crippen LogP contribution in [-0.2, 0) is 0 Å². The van der Waals surface area contributed by atoms with E-state index in [1.54, 1.807) is 7.05 Å². The van der Waals surface area contributed by atoms with Gasteiger partial charge in [-0.3, -0.25) is 10.5 Å². The van der Waals surface area contributed by atoms with Crippen molar-refractivity contribution in [2.45, 2.75) is 5.79 Å². The molecule has 0 fully saturated rings. The van der Waals surface area contributed by atoms with Gasteiger partial charge in [0.25, 0.3) is 0 Å². The van der Waals surface area contributed by atoms with Gasteiger partial charge >= 0.3 is 0 Å². The molecule has 0 aromatic heterocycles. The fourth-order valence-electron chi connectivity index (χ4n) is 2.51. The van der Waals surface area contributed by atoms with Crippen LogP contribution in [0.1, 0.15) is 5.56 Å². The molecule has 2 aromatic carbocycles. The Kier molecular flexibility index (Phi) is 3.68. The smallest absolute Gasteiger partial charge is 0.224 e. The number of para-hydroxylation sites is 1. The molecule has 0 saturated heterocycles. The summed E-state index contributed by atoms with van der Waals surface area (Å²) in [7, 11) is 1.73. The Labute approximate surface area is 128 Å². The molecule has 1 aliphatic heterocycles. The first kappa shape index (κ1) is 14.1. The topological polar surface area (TPSA) is 47.9 Å². The van der Waals surface area contributed by atoms with Crippen molar-refractivity contribution in [2.24, 2.45) is 4.99 Å². The quantitative estimate of drug-likeness (QED) is 0.840. The van der Waals surface area contributed by atoms with Crippen LogP contribution in [0.3, 0.4) is 0 Å². The summed E-state index contributed by atoms with van der Waals surface area (Å²) < 4.78 is 0. The van der Waals surface area contributed by atoms with Crippen LogP contribution in [0.15, 0.2) is 59.6 Å². The van der Waals surface area contributed by atoms with Crippen molar-refractivity contribution in [1.82, 2.24) is 10.4 Å². The lowest BCUT2D eigenvalue weighted by molar-refractivity contribution is -0.122. The number of hydrogen-bond donors (Lipinski definition) is 2. The number of alkyl halides is 1. The molecule has 1 heterocycles. The van der Waals surface area contributed by atoms with E-state index in [0.717, 1.165) is 21.2 Å². The van der Waals surface area contributed by atoms with Crippen molar-refractivity contribution in [3.8, 4) is 0 Å². The maximum Gasteiger partial charge on any atom is 0.224 e. The molecular weight excluding hydrogens is 286 g/mol. The van der Waals surface area contributed by atoms with E-state index in [4.69, 9.17) is 11.6 Å². The van der Waals surface area contributed by atoms with Crippen molar-refractivity contribution in [3.63, 3.8) is 0 Å². The monoisotopic (exact) mass is 301 g/mol. The largest absolute Gasteiger partial charge is 0.285 e. The predicted octanol–water partition coefficient (Wildman–Crippen LogP) is 1.28. The maximum absolute atomic E-state index is 10.7. The molecule has 5 heteroatoms. The third-order valence-electron chi connectivity index (χ3n) is 3.66. The van der Waals surface area contributed by atoms with E-state index in [1.165, 1.54) is 0 Å². The van der Waals surface area contributed by atoms with Crippen LogP contribution in [0.2, 0.25) is 0 Å². The molecule has 0 aliphatic carbocycles. The van der Waals surface area contributed by atoms with Gasteiger partial charge in [0.1, 0.15) is 0 Å². The fraction of sp³-hybridized carbons (Fsp3) is 0.188. The molecule has 1 atom stereocenters. The summed E-state index contributed by atoms with van der Waals surface area (Å²) in [5, 5.41) is 16.6. The van der Waals surface area contributed by atoms with Gasteiger partial charge in [-0.25, -0.2) is 10.1 Å². The van der Waals surface area contributed by atoms with E-state index in [9.17, 15) is 5.21 Å². The summed E-state index contributed by atoms with van der Waals surface area (Å²) in [6.07, 6.45) is 0. The lowest BCUT2D eigenvalue weighted by atomic mass is 10.1. The summed E-state index contributed by atoms with van der Waals surface area (Å²) in [5.41, 5.74) is 1.60. The molecule has 0 saturated carbocycles. The Morgan fingerprint density at radius 3 is 2.48 bits per heavy atom. The minimum Gasteiger partial charge on any atom is -0.285 e. The van der Waals surface area contributed by atoms with Crippen LogP contribution in [0.5, 0.6) is 0 Å². The molecular formula is C16H16ClN3O. The van der Waals surface area contributed by atoms with Gasteiger partial charge in [0.05, 0.1) is 16.9 Å². The number of rotatable bonds is 3. The minimum atomic E-state index is -1.07. The molecule has 0 radical (unpaired) electrons. The van der Waals surface area contributed by atoms with Gasteiger partial charge < -0.3 is 0 Å². The standard InChI is InChI=1S/C16H16ClN3O/c1-18-16(11-17)19-14-10-6-5-9-13(14)15(20(16)21)12-7-3-2-4-8-12/h2-10,18,21H,11H2,1H3. The summed E-state index contributed by atoms with van der Waals surface area (Å²) in [5.74, 6) is -0.953. The number of hydrogen-bond acceptors (Lipinski definition) is 4. The normalized spacial score (nSPS) is 20.9. The third-order valence-corrected chi connectivity index (χ3v) is 4.03. The average Bonchev–Trinajstić information content (AvgIpc) is 2.55. The average molecular weight is 302 g/mol. The molecule has 2 N–H and O–H groups in total. The summed E-state index contributed by atoms with van der Waals surface area (Å²) >= 11 is 6.08. The van der Waals surface area contributed by atoms with Crippen LogP contribution >= 0.6 is 11.6 Å². The molecule has 1 aliphatic rings. The molecule has 21 heavy (non-hydrogen) atoms. The Morgan fingerprint density at radius 1 is 1.14 bits per heavy atom. The van der Waals surface area contributed by atoms with Crippen LogP contribution in [0.4, 0.5) is 0 Å². The minimum absolute atomic E-state index is 0.116. The molecule has 4 nitrogen and oxygen atoms in total. The number of fused-ring (bicyclic) bond motifs is 1.